The van der Waals surface area contributed by atoms with Crippen LogP contribution in [-0.2, 0) is 5.41 Å². The summed E-state index contributed by atoms with van der Waals surface area (Å²) in [6, 6.07) is 9.56. The van der Waals surface area contributed by atoms with Crippen LogP contribution in [0.4, 0.5) is 39.5 Å². The SMILES string of the molecule is CC(c1ccc(OC(F)=C(F)F)cc1)(c1ccc(OC(F)=C(F)F)cc1)c1ccc(OC(F)=C(F)F)cc1.[K+].[OH-]. The Morgan fingerprint density at radius 2 is 0.650 bits per heavy atom. The summed E-state index contributed by atoms with van der Waals surface area (Å²) in [4.78, 5) is 0. The molecule has 208 valence electrons. The van der Waals surface area contributed by atoms with E-state index in [0.29, 0.717) is 16.7 Å². The number of benzene rings is 3. The summed E-state index contributed by atoms with van der Waals surface area (Å²) < 4.78 is 127. The van der Waals surface area contributed by atoms with E-state index in [9.17, 15) is 39.5 Å². The molecule has 14 heteroatoms. The van der Waals surface area contributed by atoms with Crippen LogP contribution in [0.1, 0.15) is 23.6 Å². The molecule has 40 heavy (non-hydrogen) atoms. The van der Waals surface area contributed by atoms with Crippen molar-refractivity contribution < 1.29 is 111 Å². The van der Waals surface area contributed by atoms with Crippen LogP contribution >= 0.6 is 0 Å². The van der Waals surface area contributed by atoms with Crippen LogP contribution in [0, 0.1) is 0 Å². The first kappa shape index (κ1) is 35.3. The average molecular weight is 602 g/mol. The molecule has 4 nitrogen and oxygen atoms in total. The first-order valence-electron chi connectivity index (χ1n) is 10.4. The van der Waals surface area contributed by atoms with Crippen molar-refractivity contribution in [3.05, 3.63) is 126 Å². The van der Waals surface area contributed by atoms with Gasteiger partial charge in [-0.3, -0.25) is 0 Å². The third-order valence-corrected chi connectivity index (χ3v) is 5.36. The fraction of sp³-hybridized carbons (Fsp3) is 0.0769. The number of rotatable bonds is 9. The maximum atomic E-state index is 13.2. The van der Waals surface area contributed by atoms with Gasteiger partial charge in [0.1, 0.15) is 17.2 Å². The van der Waals surface area contributed by atoms with Gasteiger partial charge >= 0.3 is 87.7 Å². The zero-order valence-electron chi connectivity index (χ0n) is 20.5. The maximum Gasteiger partial charge on any atom is 1.00 e. The van der Waals surface area contributed by atoms with Gasteiger partial charge in [-0.15, -0.1) is 0 Å². The van der Waals surface area contributed by atoms with E-state index in [1.54, 1.807) is 6.92 Å². The molecule has 0 heterocycles. The van der Waals surface area contributed by atoms with Crippen molar-refractivity contribution in [2.24, 2.45) is 0 Å². The second-order valence-corrected chi connectivity index (χ2v) is 7.61. The molecule has 3 rings (SSSR count). The van der Waals surface area contributed by atoms with Crippen LogP contribution in [0.15, 0.2) is 109 Å². The second-order valence-electron chi connectivity index (χ2n) is 7.61. The Hall–Kier alpha value is -2.75. The van der Waals surface area contributed by atoms with Gasteiger partial charge in [-0.1, -0.05) is 36.4 Å². The van der Waals surface area contributed by atoms with Gasteiger partial charge < -0.3 is 19.7 Å². The molecule has 0 fully saturated rings. The van der Waals surface area contributed by atoms with Crippen molar-refractivity contribution in [2.45, 2.75) is 12.3 Å². The number of hydrogen-bond donors (Lipinski definition) is 0. The topological polar surface area (TPSA) is 57.7 Å². The smallest absolute Gasteiger partial charge is 0.870 e. The summed E-state index contributed by atoms with van der Waals surface area (Å²) in [5.74, 6) is -0.750. The Morgan fingerprint density at radius 3 is 0.825 bits per heavy atom. The Morgan fingerprint density at radius 1 is 0.450 bits per heavy atom. The van der Waals surface area contributed by atoms with Gasteiger partial charge in [0.15, 0.2) is 0 Å². The number of ether oxygens (including phenoxy) is 3. The van der Waals surface area contributed by atoms with E-state index in [0.717, 1.165) is 0 Å². The maximum absolute atomic E-state index is 13.2. The van der Waals surface area contributed by atoms with E-state index in [4.69, 9.17) is 0 Å². The third-order valence-electron chi connectivity index (χ3n) is 5.36. The largest absolute Gasteiger partial charge is 1.00 e. The minimum absolute atomic E-state index is 0. The van der Waals surface area contributed by atoms with Crippen molar-refractivity contribution in [2.75, 3.05) is 0 Å². The molecule has 0 radical (unpaired) electrons. The molecule has 0 bridgehead atoms. The van der Waals surface area contributed by atoms with Gasteiger partial charge in [-0.25, -0.2) is 0 Å². The van der Waals surface area contributed by atoms with Crippen LogP contribution in [-0.4, -0.2) is 5.48 Å². The summed E-state index contributed by atoms with van der Waals surface area (Å²) in [6.07, 6.45) is -7.95. The molecule has 0 saturated heterocycles. The molecule has 0 aliphatic heterocycles. The predicted octanol–water partition coefficient (Wildman–Crippen LogP) is 6.11. The van der Waals surface area contributed by atoms with Gasteiger partial charge in [0, 0.05) is 5.41 Å². The minimum Gasteiger partial charge on any atom is -0.870 e. The van der Waals surface area contributed by atoms with Crippen molar-refractivity contribution in [3.63, 3.8) is 0 Å². The quantitative estimate of drug-likeness (QED) is 0.128. The summed E-state index contributed by atoms with van der Waals surface area (Å²) in [6.45, 7) is 1.68. The molecule has 3 aromatic rings. The Kier molecular flexibility index (Phi) is 13.5. The molecular formula is C26H16F9KO4. The zero-order chi connectivity index (χ0) is 28.0. The van der Waals surface area contributed by atoms with Crippen molar-refractivity contribution in [3.8, 4) is 17.2 Å². The fourth-order valence-electron chi connectivity index (χ4n) is 3.50. The Bertz CT molecular complexity index is 1190. The van der Waals surface area contributed by atoms with E-state index in [2.05, 4.69) is 14.2 Å². The van der Waals surface area contributed by atoms with Gasteiger partial charge in [0.25, 0.3) is 0 Å². The molecule has 0 aliphatic carbocycles. The summed E-state index contributed by atoms with van der Waals surface area (Å²) >= 11 is 0. The van der Waals surface area contributed by atoms with Gasteiger partial charge in [-0.2, -0.15) is 39.5 Å². The van der Waals surface area contributed by atoms with E-state index in [1.807, 2.05) is 0 Å². The van der Waals surface area contributed by atoms with Crippen LogP contribution in [0.3, 0.4) is 0 Å². The van der Waals surface area contributed by atoms with Crippen LogP contribution in [0.5, 0.6) is 17.2 Å². The Balaban J connectivity index is 0.00000400. The summed E-state index contributed by atoms with van der Waals surface area (Å²) in [5.41, 5.74) is 0.284. The molecule has 0 unspecified atom stereocenters. The normalized spacial score (nSPS) is 10.3. The van der Waals surface area contributed by atoms with E-state index < -0.39 is 41.7 Å². The van der Waals surface area contributed by atoms with E-state index in [-0.39, 0.29) is 74.1 Å². The van der Waals surface area contributed by atoms with Crippen LogP contribution in [0.25, 0.3) is 0 Å². The van der Waals surface area contributed by atoms with Gasteiger partial charge in [0.2, 0.25) is 0 Å². The first-order valence-corrected chi connectivity index (χ1v) is 10.4. The summed E-state index contributed by atoms with van der Waals surface area (Å²) in [5, 5.41) is 0. The monoisotopic (exact) mass is 602 g/mol. The van der Waals surface area contributed by atoms with Crippen LogP contribution in [0.2, 0.25) is 0 Å². The number of halogens is 9. The molecule has 0 amide bonds. The van der Waals surface area contributed by atoms with E-state index >= 15 is 0 Å². The number of hydrogen-bond acceptors (Lipinski definition) is 4. The zero-order valence-corrected chi connectivity index (χ0v) is 23.6. The molecule has 0 saturated carbocycles. The second kappa shape index (κ2) is 15.3. The van der Waals surface area contributed by atoms with Crippen LogP contribution < -0.4 is 65.6 Å². The average Bonchev–Trinajstić information content (AvgIpc) is 2.89. The molecule has 3 aromatic carbocycles. The summed E-state index contributed by atoms with van der Waals surface area (Å²) in [7, 11) is 0. The fourth-order valence-corrected chi connectivity index (χ4v) is 3.50. The minimum atomic E-state index is -2.65. The first-order chi connectivity index (χ1) is 17.9. The van der Waals surface area contributed by atoms with E-state index in [1.165, 1.54) is 72.8 Å². The predicted molar refractivity (Wildman–Crippen MR) is 120 cm³/mol. The molecular weight excluding hydrogens is 586 g/mol. The third kappa shape index (κ3) is 8.62. The molecule has 1 N–H and O–H groups in total. The Labute approximate surface area is 264 Å². The molecule has 0 spiro atoms. The van der Waals surface area contributed by atoms with Gasteiger partial charge in [0.05, 0.1) is 0 Å². The molecule has 0 atom stereocenters. The standard InChI is InChI=1S/C26H15F9O3.K.H2O/c1-26(14-2-8-17(9-3-14)36-23(33)20(27)28,15-4-10-18(11-5-15)37-24(34)21(29)30)16-6-12-19(13-7-16)38-25(35)22(31)32;;/h2-13H,1H3;;1H2/q;+1;/p-1. The van der Waals surface area contributed by atoms with Crippen molar-refractivity contribution in [1.82, 2.24) is 0 Å². The van der Waals surface area contributed by atoms with Crippen molar-refractivity contribution >= 4 is 0 Å². The molecule has 0 aliphatic rings. The van der Waals surface area contributed by atoms with Gasteiger partial charge in [-0.05, 0) is 60.0 Å². The van der Waals surface area contributed by atoms with Crippen molar-refractivity contribution in [1.29, 1.82) is 0 Å². The molecule has 0 aromatic heterocycles.